The minimum atomic E-state index is 0.228. The minimum absolute atomic E-state index is 0.228. The zero-order valence-electron chi connectivity index (χ0n) is 14.0. The number of aryl methyl sites for hydroxylation is 1. The minimum Gasteiger partial charge on any atom is -0.493 e. The molecule has 0 aliphatic heterocycles. The Bertz CT molecular complexity index is 380. The molecule has 1 heterocycles. The van der Waals surface area contributed by atoms with Crippen molar-refractivity contribution < 1.29 is 9.47 Å². The number of rotatable bonds is 12. The maximum atomic E-state index is 5.65. The van der Waals surface area contributed by atoms with Gasteiger partial charge in [0, 0.05) is 19.8 Å². The number of hydrogen-bond donors (Lipinski definition) is 1. The molecule has 21 heavy (non-hydrogen) atoms. The summed E-state index contributed by atoms with van der Waals surface area (Å²) in [5.41, 5.74) is 1.15. The Hall–Kier alpha value is -1.07. The normalized spacial score (nSPS) is 12.6. The van der Waals surface area contributed by atoms with Gasteiger partial charge in [-0.05, 0) is 32.2 Å². The molecule has 0 amide bonds. The quantitative estimate of drug-likeness (QED) is 0.602. The van der Waals surface area contributed by atoms with Gasteiger partial charge in [-0.15, -0.1) is 0 Å². The molecule has 1 atom stereocenters. The summed E-state index contributed by atoms with van der Waals surface area (Å²) in [6.45, 7) is 9.96. The maximum absolute atomic E-state index is 5.65. The van der Waals surface area contributed by atoms with Gasteiger partial charge in [-0.3, -0.25) is 4.68 Å². The number of aromatic nitrogens is 2. The Morgan fingerprint density at radius 3 is 2.62 bits per heavy atom. The fourth-order valence-electron chi connectivity index (χ4n) is 2.38. The van der Waals surface area contributed by atoms with Gasteiger partial charge in [0.25, 0.3) is 0 Å². The summed E-state index contributed by atoms with van der Waals surface area (Å²) in [4.78, 5) is 0. The fraction of sp³-hybridized carbons (Fsp3) is 0.812. The second kappa shape index (κ2) is 10.6. The van der Waals surface area contributed by atoms with Crippen molar-refractivity contribution in [1.29, 1.82) is 0 Å². The summed E-state index contributed by atoms with van der Waals surface area (Å²) in [6, 6.07) is 0.228. The number of ether oxygens (including phenoxy) is 2. The molecule has 5 nitrogen and oxygen atoms in total. The average Bonchev–Trinajstić information content (AvgIpc) is 2.90. The fourth-order valence-corrected chi connectivity index (χ4v) is 2.38. The van der Waals surface area contributed by atoms with Crippen molar-refractivity contribution in [3.05, 3.63) is 11.9 Å². The lowest BCUT2D eigenvalue weighted by atomic mass is 10.1. The van der Waals surface area contributed by atoms with Gasteiger partial charge in [0.15, 0.2) is 5.75 Å². The third-order valence-electron chi connectivity index (χ3n) is 3.37. The molecule has 1 rings (SSSR count). The highest BCUT2D eigenvalue weighted by Crippen LogP contribution is 2.27. The van der Waals surface area contributed by atoms with Crippen molar-refractivity contribution in [3.63, 3.8) is 0 Å². The van der Waals surface area contributed by atoms with E-state index < -0.39 is 0 Å². The molecule has 0 saturated heterocycles. The highest BCUT2D eigenvalue weighted by atomic mass is 16.5. The summed E-state index contributed by atoms with van der Waals surface area (Å²) >= 11 is 0. The molecular weight excluding hydrogens is 266 g/mol. The zero-order valence-corrected chi connectivity index (χ0v) is 14.0. The Morgan fingerprint density at radius 1 is 1.19 bits per heavy atom. The predicted molar refractivity (Wildman–Crippen MR) is 85.8 cm³/mol. The van der Waals surface area contributed by atoms with Crippen LogP contribution >= 0.6 is 0 Å². The Kier molecular flexibility index (Phi) is 9.10. The van der Waals surface area contributed by atoms with Crippen LogP contribution in [0.15, 0.2) is 6.20 Å². The van der Waals surface area contributed by atoms with Gasteiger partial charge in [-0.25, -0.2) is 0 Å². The van der Waals surface area contributed by atoms with Crippen molar-refractivity contribution in [2.45, 2.75) is 59.0 Å². The largest absolute Gasteiger partial charge is 0.493 e. The predicted octanol–water partition coefficient (Wildman–Crippen LogP) is 3.16. The van der Waals surface area contributed by atoms with E-state index in [0.717, 1.165) is 63.4 Å². The summed E-state index contributed by atoms with van der Waals surface area (Å²) < 4.78 is 13.2. The van der Waals surface area contributed by atoms with E-state index in [1.807, 2.05) is 6.20 Å². The van der Waals surface area contributed by atoms with Gasteiger partial charge in [-0.1, -0.05) is 20.8 Å². The SMILES string of the molecule is CCCNC(CCOCCC)c1c(OC)cnn1CCC. The number of hydrogen-bond acceptors (Lipinski definition) is 4. The maximum Gasteiger partial charge on any atom is 0.161 e. The Morgan fingerprint density at radius 2 is 2.00 bits per heavy atom. The van der Waals surface area contributed by atoms with Crippen LogP contribution in [-0.2, 0) is 11.3 Å². The molecule has 0 saturated carbocycles. The standard InChI is InChI=1S/C16H31N3O2/c1-5-9-17-14(8-12-21-11-7-3)16-15(20-4)13-18-19(16)10-6-2/h13-14,17H,5-12H2,1-4H3. The molecule has 0 aromatic carbocycles. The van der Waals surface area contributed by atoms with Gasteiger partial charge in [0.2, 0.25) is 0 Å². The van der Waals surface area contributed by atoms with Crippen LogP contribution in [0.25, 0.3) is 0 Å². The van der Waals surface area contributed by atoms with Crippen molar-refractivity contribution in [2.24, 2.45) is 0 Å². The second-order valence-electron chi connectivity index (χ2n) is 5.23. The van der Waals surface area contributed by atoms with Crippen LogP contribution in [0.5, 0.6) is 5.75 Å². The van der Waals surface area contributed by atoms with Gasteiger partial charge in [0.1, 0.15) is 0 Å². The number of nitrogens with one attached hydrogen (secondary N) is 1. The van der Waals surface area contributed by atoms with Crippen molar-refractivity contribution >= 4 is 0 Å². The van der Waals surface area contributed by atoms with Crippen LogP contribution < -0.4 is 10.1 Å². The first-order valence-corrected chi connectivity index (χ1v) is 8.19. The Labute approximate surface area is 129 Å². The number of methoxy groups -OCH3 is 1. The molecule has 1 N–H and O–H groups in total. The van der Waals surface area contributed by atoms with Crippen LogP contribution in [0.1, 0.15) is 58.2 Å². The van der Waals surface area contributed by atoms with Crippen LogP contribution in [0, 0.1) is 0 Å². The van der Waals surface area contributed by atoms with Crippen molar-refractivity contribution in [1.82, 2.24) is 15.1 Å². The molecule has 0 aliphatic carbocycles. The molecule has 1 unspecified atom stereocenters. The van der Waals surface area contributed by atoms with E-state index >= 15 is 0 Å². The second-order valence-corrected chi connectivity index (χ2v) is 5.23. The summed E-state index contributed by atoms with van der Waals surface area (Å²) in [7, 11) is 1.71. The summed E-state index contributed by atoms with van der Waals surface area (Å²) in [6.07, 6.45) is 5.98. The molecule has 1 aromatic heterocycles. The van der Waals surface area contributed by atoms with Crippen LogP contribution in [0.2, 0.25) is 0 Å². The first-order valence-electron chi connectivity index (χ1n) is 8.19. The topological polar surface area (TPSA) is 48.3 Å². The van der Waals surface area contributed by atoms with Crippen molar-refractivity contribution in [2.75, 3.05) is 26.9 Å². The lowest BCUT2D eigenvalue weighted by Crippen LogP contribution is -2.26. The molecular formula is C16H31N3O2. The molecule has 0 fully saturated rings. The van der Waals surface area contributed by atoms with Crippen LogP contribution in [0.4, 0.5) is 0 Å². The smallest absolute Gasteiger partial charge is 0.161 e. The number of nitrogens with zero attached hydrogens (tertiary/aromatic N) is 2. The highest BCUT2D eigenvalue weighted by Gasteiger charge is 2.21. The van der Waals surface area contributed by atoms with Gasteiger partial charge >= 0.3 is 0 Å². The molecule has 1 aromatic rings. The first-order chi connectivity index (χ1) is 10.3. The monoisotopic (exact) mass is 297 g/mol. The third-order valence-corrected chi connectivity index (χ3v) is 3.37. The van der Waals surface area contributed by atoms with Gasteiger partial charge in [-0.2, -0.15) is 5.10 Å². The average molecular weight is 297 g/mol. The van der Waals surface area contributed by atoms with Crippen LogP contribution in [0.3, 0.4) is 0 Å². The van der Waals surface area contributed by atoms with E-state index in [2.05, 4.69) is 35.9 Å². The molecule has 122 valence electrons. The van der Waals surface area contributed by atoms with Gasteiger partial charge in [0.05, 0.1) is 25.0 Å². The summed E-state index contributed by atoms with van der Waals surface area (Å²) in [5, 5.41) is 8.06. The Balaban J connectivity index is 2.81. The molecule has 5 heteroatoms. The van der Waals surface area contributed by atoms with E-state index in [9.17, 15) is 0 Å². The van der Waals surface area contributed by atoms with Crippen molar-refractivity contribution in [3.8, 4) is 5.75 Å². The third kappa shape index (κ3) is 5.67. The van der Waals surface area contributed by atoms with E-state index in [1.54, 1.807) is 7.11 Å². The van der Waals surface area contributed by atoms with E-state index in [0.29, 0.717) is 0 Å². The first kappa shape index (κ1) is 18.0. The van der Waals surface area contributed by atoms with Gasteiger partial charge < -0.3 is 14.8 Å². The molecule has 0 spiro atoms. The molecule has 0 radical (unpaired) electrons. The summed E-state index contributed by atoms with van der Waals surface area (Å²) in [5.74, 6) is 0.868. The lowest BCUT2D eigenvalue weighted by molar-refractivity contribution is 0.123. The van der Waals surface area contributed by atoms with E-state index in [4.69, 9.17) is 9.47 Å². The molecule has 0 bridgehead atoms. The molecule has 0 aliphatic rings. The van der Waals surface area contributed by atoms with E-state index in [1.165, 1.54) is 0 Å². The van der Waals surface area contributed by atoms with E-state index in [-0.39, 0.29) is 6.04 Å². The lowest BCUT2D eigenvalue weighted by Gasteiger charge is -2.21. The van der Waals surface area contributed by atoms with Crippen LogP contribution in [-0.4, -0.2) is 36.6 Å². The highest BCUT2D eigenvalue weighted by molar-refractivity contribution is 5.28. The zero-order chi connectivity index (χ0) is 15.5.